The first-order chi connectivity index (χ1) is 10.1. The zero-order valence-corrected chi connectivity index (χ0v) is 14.3. The number of anilines is 1. The highest BCUT2D eigenvalue weighted by Crippen LogP contribution is 2.33. The molecule has 1 aromatic carbocycles. The van der Waals surface area contributed by atoms with Crippen LogP contribution in [0.25, 0.3) is 0 Å². The van der Waals surface area contributed by atoms with Crippen molar-refractivity contribution in [2.24, 2.45) is 5.92 Å². The summed E-state index contributed by atoms with van der Waals surface area (Å²) in [5, 5.41) is 10.9. The Morgan fingerprint density at radius 3 is 2.86 bits per heavy atom. The Morgan fingerprint density at radius 1 is 1.33 bits per heavy atom. The lowest BCUT2D eigenvalue weighted by Crippen LogP contribution is -2.52. The molecule has 0 radical (unpaired) electrons. The third-order valence-electron chi connectivity index (χ3n) is 4.84. The van der Waals surface area contributed by atoms with Crippen molar-refractivity contribution in [3.63, 3.8) is 0 Å². The standard InChI is InChI=1S/C15H20IN3O2/c1-17-7-2-3-11-10-18(8-6-14(11)17)12-4-5-15(19(20)21)13(16)9-12/h4-5,9,11,14H,2-3,6-8,10H2,1H3. The third kappa shape index (κ3) is 3.01. The van der Waals surface area contributed by atoms with Crippen molar-refractivity contribution in [2.45, 2.75) is 25.3 Å². The maximum Gasteiger partial charge on any atom is 0.282 e. The Bertz CT molecular complexity index is 552. The molecule has 2 fully saturated rings. The van der Waals surface area contributed by atoms with E-state index in [9.17, 15) is 10.1 Å². The third-order valence-corrected chi connectivity index (χ3v) is 5.70. The second-order valence-electron chi connectivity index (χ2n) is 6.08. The minimum Gasteiger partial charge on any atom is -0.371 e. The highest BCUT2D eigenvalue weighted by atomic mass is 127. The molecule has 3 rings (SSSR count). The molecular formula is C15H20IN3O2. The minimum atomic E-state index is -0.312. The number of piperidine rings is 2. The molecule has 2 aliphatic rings. The van der Waals surface area contributed by atoms with E-state index in [1.807, 2.05) is 12.1 Å². The van der Waals surface area contributed by atoms with Crippen molar-refractivity contribution in [2.75, 3.05) is 31.6 Å². The lowest BCUT2D eigenvalue weighted by Gasteiger charge is -2.46. The van der Waals surface area contributed by atoms with Gasteiger partial charge in [-0.1, -0.05) is 0 Å². The Balaban J connectivity index is 1.76. The van der Waals surface area contributed by atoms with Crippen LogP contribution < -0.4 is 4.90 Å². The summed E-state index contributed by atoms with van der Waals surface area (Å²) >= 11 is 2.06. The fourth-order valence-electron chi connectivity index (χ4n) is 3.73. The molecule has 0 amide bonds. The van der Waals surface area contributed by atoms with Gasteiger partial charge in [0.05, 0.1) is 8.49 Å². The van der Waals surface area contributed by atoms with Gasteiger partial charge in [-0.25, -0.2) is 0 Å². The minimum absolute atomic E-state index is 0.201. The number of nitro benzene ring substituents is 1. The number of rotatable bonds is 2. The van der Waals surface area contributed by atoms with Crippen LogP contribution in [0.2, 0.25) is 0 Å². The quantitative estimate of drug-likeness (QED) is 0.434. The number of fused-ring (bicyclic) bond motifs is 1. The summed E-state index contributed by atoms with van der Waals surface area (Å²) < 4.78 is 0.720. The zero-order valence-electron chi connectivity index (χ0n) is 12.2. The summed E-state index contributed by atoms with van der Waals surface area (Å²) in [4.78, 5) is 15.5. The summed E-state index contributed by atoms with van der Waals surface area (Å²) in [5.41, 5.74) is 1.32. The number of benzene rings is 1. The van der Waals surface area contributed by atoms with Crippen LogP contribution in [0.3, 0.4) is 0 Å². The van der Waals surface area contributed by atoms with Gasteiger partial charge in [-0.15, -0.1) is 0 Å². The van der Waals surface area contributed by atoms with Gasteiger partial charge in [0, 0.05) is 30.9 Å². The number of hydrogen-bond acceptors (Lipinski definition) is 4. The van der Waals surface area contributed by atoms with E-state index in [0.29, 0.717) is 6.04 Å². The number of nitro groups is 1. The second kappa shape index (κ2) is 6.08. The first-order valence-electron chi connectivity index (χ1n) is 7.45. The van der Waals surface area contributed by atoms with Gasteiger partial charge in [0.2, 0.25) is 0 Å². The van der Waals surface area contributed by atoms with Crippen molar-refractivity contribution >= 4 is 34.0 Å². The Kier molecular flexibility index (Phi) is 4.35. The summed E-state index contributed by atoms with van der Waals surface area (Å²) in [6.07, 6.45) is 3.77. The maximum absolute atomic E-state index is 10.9. The van der Waals surface area contributed by atoms with E-state index >= 15 is 0 Å². The van der Waals surface area contributed by atoms with Crippen LogP contribution in [0.5, 0.6) is 0 Å². The van der Waals surface area contributed by atoms with Gasteiger partial charge in [0.1, 0.15) is 0 Å². The van der Waals surface area contributed by atoms with Gasteiger partial charge in [-0.05, 0) is 73.5 Å². The van der Waals surface area contributed by atoms with Crippen molar-refractivity contribution < 1.29 is 4.92 Å². The zero-order chi connectivity index (χ0) is 15.0. The number of hydrogen-bond donors (Lipinski definition) is 0. The maximum atomic E-state index is 10.9. The van der Waals surface area contributed by atoms with Crippen molar-refractivity contribution in [3.05, 3.63) is 31.9 Å². The number of likely N-dealkylation sites (tertiary alicyclic amines) is 1. The molecule has 0 bridgehead atoms. The monoisotopic (exact) mass is 401 g/mol. The predicted octanol–water partition coefficient (Wildman–Crippen LogP) is 3.12. The number of nitrogens with zero attached hydrogens (tertiary/aromatic N) is 3. The smallest absolute Gasteiger partial charge is 0.282 e. The first-order valence-corrected chi connectivity index (χ1v) is 8.53. The molecule has 5 nitrogen and oxygen atoms in total. The fourth-order valence-corrected chi connectivity index (χ4v) is 4.42. The molecule has 0 spiro atoms. The summed E-state index contributed by atoms with van der Waals surface area (Å²) in [6.45, 7) is 3.33. The van der Waals surface area contributed by atoms with Gasteiger partial charge in [0.15, 0.2) is 0 Å². The molecule has 2 saturated heterocycles. The van der Waals surface area contributed by atoms with Gasteiger partial charge in [-0.3, -0.25) is 10.1 Å². The Hall–Kier alpha value is -0.890. The van der Waals surface area contributed by atoms with E-state index in [1.54, 1.807) is 6.07 Å². The lowest BCUT2D eigenvalue weighted by atomic mass is 9.84. The molecule has 0 N–H and O–H groups in total. The van der Waals surface area contributed by atoms with Crippen LogP contribution in [0, 0.1) is 19.6 Å². The summed E-state index contributed by atoms with van der Waals surface area (Å²) in [7, 11) is 2.24. The van der Waals surface area contributed by atoms with E-state index in [0.717, 1.165) is 28.3 Å². The topological polar surface area (TPSA) is 49.6 Å². The summed E-state index contributed by atoms with van der Waals surface area (Å²) in [5.74, 6) is 0.727. The highest BCUT2D eigenvalue weighted by Gasteiger charge is 2.34. The average Bonchev–Trinajstić information content (AvgIpc) is 2.46. The SMILES string of the molecule is CN1CCCC2CN(c3ccc([N+](=O)[O-])c(I)c3)CCC21. The molecule has 2 atom stereocenters. The van der Waals surface area contributed by atoms with Crippen molar-refractivity contribution in [1.29, 1.82) is 0 Å². The molecule has 2 heterocycles. The molecule has 0 aromatic heterocycles. The van der Waals surface area contributed by atoms with Crippen LogP contribution in [-0.2, 0) is 0 Å². The molecule has 21 heavy (non-hydrogen) atoms. The van der Waals surface area contributed by atoms with Crippen molar-refractivity contribution in [1.82, 2.24) is 4.90 Å². The van der Waals surface area contributed by atoms with Crippen LogP contribution in [0.15, 0.2) is 18.2 Å². The molecule has 0 saturated carbocycles. The van der Waals surface area contributed by atoms with E-state index < -0.39 is 0 Å². The van der Waals surface area contributed by atoms with Gasteiger partial charge in [-0.2, -0.15) is 0 Å². The predicted molar refractivity (Wildman–Crippen MR) is 91.8 cm³/mol. The van der Waals surface area contributed by atoms with E-state index in [-0.39, 0.29) is 10.6 Å². The highest BCUT2D eigenvalue weighted by molar-refractivity contribution is 14.1. The number of halogens is 1. The fraction of sp³-hybridized carbons (Fsp3) is 0.600. The molecular weight excluding hydrogens is 381 g/mol. The molecule has 0 aliphatic carbocycles. The van der Waals surface area contributed by atoms with Gasteiger partial charge in [0.25, 0.3) is 5.69 Å². The second-order valence-corrected chi connectivity index (χ2v) is 7.24. The van der Waals surface area contributed by atoms with E-state index in [1.165, 1.54) is 25.8 Å². The van der Waals surface area contributed by atoms with Crippen molar-refractivity contribution in [3.8, 4) is 0 Å². The van der Waals surface area contributed by atoms with Crippen LogP contribution in [0.1, 0.15) is 19.3 Å². The lowest BCUT2D eigenvalue weighted by molar-refractivity contribution is -0.385. The van der Waals surface area contributed by atoms with E-state index in [2.05, 4.69) is 39.4 Å². The van der Waals surface area contributed by atoms with E-state index in [4.69, 9.17) is 0 Å². The molecule has 2 aliphatic heterocycles. The van der Waals surface area contributed by atoms with Crippen LogP contribution in [-0.4, -0.2) is 42.5 Å². The molecule has 2 unspecified atom stereocenters. The normalized spacial score (nSPS) is 26.5. The van der Waals surface area contributed by atoms with Crippen LogP contribution >= 0.6 is 22.6 Å². The molecule has 6 heteroatoms. The van der Waals surface area contributed by atoms with Crippen LogP contribution in [0.4, 0.5) is 11.4 Å². The molecule has 114 valence electrons. The Morgan fingerprint density at radius 2 is 2.14 bits per heavy atom. The largest absolute Gasteiger partial charge is 0.371 e. The summed E-state index contributed by atoms with van der Waals surface area (Å²) in [6, 6.07) is 6.20. The molecule has 1 aromatic rings. The van der Waals surface area contributed by atoms with Gasteiger partial charge >= 0.3 is 0 Å². The first kappa shape index (κ1) is 15.0. The Labute approximate surface area is 138 Å². The van der Waals surface area contributed by atoms with Gasteiger partial charge < -0.3 is 9.80 Å². The average molecular weight is 401 g/mol.